The van der Waals surface area contributed by atoms with Gasteiger partial charge in [-0.25, -0.2) is 13.4 Å². The number of hydrogen-bond acceptors (Lipinski definition) is 5. The van der Waals surface area contributed by atoms with Crippen molar-refractivity contribution < 1.29 is 13.2 Å². The fraction of sp³-hybridized carbons (Fsp3) is 0.455. The van der Waals surface area contributed by atoms with Crippen molar-refractivity contribution in [1.82, 2.24) is 25.2 Å². The van der Waals surface area contributed by atoms with Crippen molar-refractivity contribution in [3.8, 4) is 5.69 Å². The number of H-pyrrole nitrogens is 1. The van der Waals surface area contributed by atoms with E-state index in [9.17, 15) is 13.2 Å². The van der Waals surface area contributed by atoms with Crippen LogP contribution in [0.2, 0.25) is 0 Å². The number of imidazole rings is 1. The number of carbonyl (C=O) groups is 1. The summed E-state index contributed by atoms with van der Waals surface area (Å²) in [6.07, 6.45) is 11.9. The van der Waals surface area contributed by atoms with Crippen LogP contribution < -0.4 is 10.6 Å². The number of aromatic nitrogens is 3. The van der Waals surface area contributed by atoms with E-state index in [1.165, 1.54) is 6.26 Å². The summed E-state index contributed by atoms with van der Waals surface area (Å²) in [5.74, 6) is 0.0551. The molecule has 1 aliphatic carbocycles. The number of rotatable bonds is 7. The largest absolute Gasteiger partial charge is 0.361 e. The first-order valence-electron chi connectivity index (χ1n) is 10.6. The Kier molecular flexibility index (Phi) is 6.15. The lowest BCUT2D eigenvalue weighted by Crippen LogP contribution is -2.46. The molecule has 0 saturated heterocycles. The van der Waals surface area contributed by atoms with Crippen LogP contribution in [0.1, 0.15) is 43.0 Å². The van der Waals surface area contributed by atoms with Gasteiger partial charge in [0.1, 0.15) is 9.84 Å². The van der Waals surface area contributed by atoms with E-state index in [0.717, 1.165) is 42.3 Å². The van der Waals surface area contributed by atoms with Crippen LogP contribution in [0, 0.1) is 0 Å². The van der Waals surface area contributed by atoms with Crippen molar-refractivity contribution >= 4 is 26.6 Å². The van der Waals surface area contributed by atoms with E-state index in [1.54, 1.807) is 12.5 Å². The highest BCUT2D eigenvalue weighted by atomic mass is 32.2. The van der Waals surface area contributed by atoms with Gasteiger partial charge in [0.05, 0.1) is 23.2 Å². The Balaban J connectivity index is 1.40. The first-order valence-corrected chi connectivity index (χ1v) is 12.7. The summed E-state index contributed by atoms with van der Waals surface area (Å²) >= 11 is 0. The van der Waals surface area contributed by atoms with E-state index in [-0.39, 0.29) is 29.8 Å². The zero-order valence-electron chi connectivity index (χ0n) is 17.8. The molecule has 1 saturated carbocycles. The minimum Gasteiger partial charge on any atom is -0.361 e. The van der Waals surface area contributed by atoms with E-state index in [2.05, 4.69) is 20.6 Å². The van der Waals surface area contributed by atoms with Gasteiger partial charge in [-0.05, 0) is 50.8 Å². The molecule has 9 heteroatoms. The molecule has 0 radical (unpaired) electrons. The Morgan fingerprint density at radius 3 is 2.68 bits per heavy atom. The second-order valence-corrected chi connectivity index (χ2v) is 10.8. The van der Waals surface area contributed by atoms with Crippen molar-refractivity contribution in [3.63, 3.8) is 0 Å². The van der Waals surface area contributed by atoms with Crippen LogP contribution in [-0.2, 0) is 9.84 Å². The van der Waals surface area contributed by atoms with Crippen LogP contribution in [0.15, 0.2) is 43.1 Å². The van der Waals surface area contributed by atoms with E-state index in [1.807, 2.05) is 42.1 Å². The zero-order valence-corrected chi connectivity index (χ0v) is 18.7. The Labute approximate surface area is 182 Å². The molecule has 2 aromatic heterocycles. The monoisotopic (exact) mass is 443 g/mol. The van der Waals surface area contributed by atoms with Crippen molar-refractivity contribution in [2.45, 2.75) is 50.7 Å². The Hall–Kier alpha value is -2.65. The summed E-state index contributed by atoms with van der Waals surface area (Å²) in [7, 11) is -2.99. The molecule has 1 atom stereocenters. The number of benzene rings is 1. The molecule has 166 valence electrons. The summed E-state index contributed by atoms with van der Waals surface area (Å²) in [4.78, 5) is 20.4. The predicted octanol–water partition coefficient (Wildman–Crippen LogP) is 2.42. The molecule has 3 N–H and O–H groups in total. The molecule has 31 heavy (non-hydrogen) atoms. The molecule has 0 aliphatic heterocycles. The van der Waals surface area contributed by atoms with E-state index in [0.29, 0.717) is 5.56 Å². The number of aromatic amines is 1. The maximum absolute atomic E-state index is 13.1. The number of nitrogens with zero attached hydrogens (tertiary/aromatic N) is 2. The highest BCUT2D eigenvalue weighted by Gasteiger charge is 2.25. The predicted molar refractivity (Wildman–Crippen MR) is 121 cm³/mol. The van der Waals surface area contributed by atoms with Crippen molar-refractivity contribution in [2.75, 3.05) is 12.0 Å². The molecule has 0 bridgehead atoms. The summed E-state index contributed by atoms with van der Waals surface area (Å²) in [5.41, 5.74) is 2.34. The standard InChI is InChI=1S/C22H29N5O3S/c1-15(13-31(2,29)30)25-17-3-5-18(6-4-17)26-22(28)20-12-19(27-10-9-23-14-27)11-16-7-8-24-21(16)20/h7-12,14-15,17-18,24-25H,3-6,13H2,1-2H3,(H,26,28). The third-order valence-corrected chi connectivity index (χ3v) is 6.93. The smallest absolute Gasteiger partial charge is 0.253 e. The Bertz CT molecular complexity index is 1150. The molecule has 1 aliphatic rings. The molecule has 1 fully saturated rings. The third-order valence-electron chi connectivity index (χ3n) is 5.83. The number of hydrogen-bond donors (Lipinski definition) is 3. The van der Waals surface area contributed by atoms with Crippen molar-refractivity contribution in [2.24, 2.45) is 0 Å². The van der Waals surface area contributed by atoms with Crippen molar-refractivity contribution in [1.29, 1.82) is 0 Å². The third kappa shape index (κ3) is 5.34. The van der Waals surface area contributed by atoms with Gasteiger partial charge in [0.25, 0.3) is 5.91 Å². The Morgan fingerprint density at radius 1 is 1.26 bits per heavy atom. The SMILES string of the molecule is CC(CS(C)(=O)=O)NC1CCC(NC(=O)c2cc(-n3ccnc3)cc3cc[nH]c23)CC1. The van der Waals surface area contributed by atoms with E-state index < -0.39 is 9.84 Å². The van der Waals surface area contributed by atoms with Crippen LogP contribution in [0.4, 0.5) is 0 Å². The topological polar surface area (TPSA) is 109 Å². The minimum absolute atomic E-state index is 0.0711. The van der Waals surface area contributed by atoms with E-state index in [4.69, 9.17) is 0 Å². The molecule has 1 aromatic carbocycles. The number of fused-ring (bicyclic) bond motifs is 1. The van der Waals surface area contributed by atoms with Crippen LogP contribution in [0.5, 0.6) is 0 Å². The second-order valence-electron chi connectivity index (χ2n) is 8.59. The van der Waals surface area contributed by atoms with Gasteiger partial charge in [-0.1, -0.05) is 0 Å². The van der Waals surface area contributed by atoms with Crippen LogP contribution in [0.3, 0.4) is 0 Å². The average molecular weight is 444 g/mol. The van der Waals surface area contributed by atoms with Crippen molar-refractivity contribution in [3.05, 3.63) is 48.7 Å². The quantitative estimate of drug-likeness (QED) is 0.520. The molecule has 8 nitrogen and oxygen atoms in total. The number of nitrogens with one attached hydrogen (secondary N) is 3. The normalized spacial score (nSPS) is 20.6. The van der Waals surface area contributed by atoms with Crippen LogP contribution >= 0.6 is 0 Å². The highest BCUT2D eigenvalue weighted by Crippen LogP contribution is 2.24. The summed E-state index contributed by atoms with van der Waals surface area (Å²) in [5, 5.41) is 7.59. The fourth-order valence-electron chi connectivity index (χ4n) is 4.47. The zero-order chi connectivity index (χ0) is 22.0. The lowest BCUT2D eigenvalue weighted by Gasteiger charge is -2.31. The highest BCUT2D eigenvalue weighted by molar-refractivity contribution is 7.90. The molecule has 1 unspecified atom stereocenters. The molecule has 4 rings (SSSR count). The van der Waals surface area contributed by atoms with Gasteiger partial charge >= 0.3 is 0 Å². The second kappa shape index (κ2) is 8.84. The molecular weight excluding hydrogens is 414 g/mol. The number of sulfone groups is 1. The summed E-state index contributed by atoms with van der Waals surface area (Å²) < 4.78 is 24.8. The lowest BCUT2D eigenvalue weighted by atomic mass is 9.90. The average Bonchev–Trinajstić information content (AvgIpc) is 3.39. The maximum Gasteiger partial charge on any atom is 0.253 e. The Morgan fingerprint density at radius 2 is 2.00 bits per heavy atom. The summed E-state index contributed by atoms with van der Waals surface area (Å²) in [6.45, 7) is 1.91. The van der Waals surface area contributed by atoms with Crippen LogP contribution in [0.25, 0.3) is 16.6 Å². The lowest BCUT2D eigenvalue weighted by molar-refractivity contribution is 0.0925. The number of amides is 1. The maximum atomic E-state index is 13.1. The molecule has 3 aromatic rings. The van der Waals surface area contributed by atoms with Gasteiger partial charge in [0.15, 0.2) is 0 Å². The van der Waals surface area contributed by atoms with Gasteiger partial charge in [0.2, 0.25) is 0 Å². The first kappa shape index (κ1) is 21.6. The van der Waals surface area contributed by atoms with Gasteiger partial charge < -0.3 is 20.2 Å². The molecular formula is C22H29N5O3S. The first-order chi connectivity index (χ1) is 14.8. The van der Waals surface area contributed by atoms with Gasteiger partial charge in [-0.3, -0.25) is 4.79 Å². The number of carbonyl (C=O) groups excluding carboxylic acids is 1. The van der Waals surface area contributed by atoms with Gasteiger partial charge in [-0.2, -0.15) is 0 Å². The van der Waals surface area contributed by atoms with E-state index >= 15 is 0 Å². The molecule has 2 heterocycles. The molecule has 0 spiro atoms. The fourth-order valence-corrected chi connectivity index (χ4v) is 5.47. The summed E-state index contributed by atoms with van der Waals surface area (Å²) in [6, 6.07) is 6.19. The van der Waals surface area contributed by atoms with Crippen LogP contribution in [-0.4, -0.2) is 59.0 Å². The minimum atomic E-state index is -2.99. The molecule has 1 amide bonds. The van der Waals surface area contributed by atoms with Gasteiger partial charge in [0, 0.05) is 54.0 Å². The van der Waals surface area contributed by atoms with Gasteiger partial charge in [-0.15, -0.1) is 0 Å².